The normalized spacial score (nSPS) is 10.6. The fourth-order valence-corrected chi connectivity index (χ4v) is 3.24. The van der Waals surface area contributed by atoms with Gasteiger partial charge >= 0.3 is 0 Å². The highest BCUT2D eigenvalue weighted by Crippen LogP contribution is 2.25. The van der Waals surface area contributed by atoms with E-state index in [4.69, 9.17) is 21.1 Å². The number of nitrogens with one attached hydrogen (secondary N) is 1. The summed E-state index contributed by atoms with van der Waals surface area (Å²) in [5, 5.41) is 7.90. The molecule has 1 N–H and O–H groups in total. The van der Waals surface area contributed by atoms with Gasteiger partial charge in [0.05, 0.1) is 19.4 Å². The fraction of sp³-hybridized carbons (Fsp3) is 0.125. The summed E-state index contributed by atoms with van der Waals surface area (Å²) in [5.41, 5.74) is 2.10. The predicted octanol–water partition coefficient (Wildman–Crippen LogP) is 5.25. The zero-order chi connectivity index (χ0) is 22.5. The van der Waals surface area contributed by atoms with Gasteiger partial charge in [-0.15, -0.1) is 5.10 Å². The second-order valence-corrected chi connectivity index (χ2v) is 7.23. The third-order valence-corrected chi connectivity index (χ3v) is 4.88. The van der Waals surface area contributed by atoms with Crippen LogP contribution in [0.3, 0.4) is 0 Å². The summed E-state index contributed by atoms with van der Waals surface area (Å²) in [5.74, 6) is 1.50. The lowest BCUT2D eigenvalue weighted by Crippen LogP contribution is -2.14. The molecule has 4 aromatic rings. The van der Waals surface area contributed by atoms with Gasteiger partial charge in [-0.25, -0.2) is 9.67 Å². The Balaban J connectivity index is 1.71. The Labute approximate surface area is 190 Å². The topological polar surface area (TPSA) is 78.3 Å². The molecule has 0 unspecified atom stereocenters. The number of benzene rings is 3. The first-order chi connectivity index (χ1) is 15.6. The van der Waals surface area contributed by atoms with E-state index < -0.39 is 5.91 Å². The summed E-state index contributed by atoms with van der Waals surface area (Å²) < 4.78 is 12.4. The van der Waals surface area contributed by atoms with Crippen LogP contribution < -0.4 is 14.8 Å². The number of anilines is 1. The maximum atomic E-state index is 12.9. The number of rotatable bonds is 7. The molecule has 0 aliphatic heterocycles. The van der Waals surface area contributed by atoms with Gasteiger partial charge in [-0.2, -0.15) is 0 Å². The average molecular weight is 449 g/mol. The molecule has 1 amide bonds. The van der Waals surface area contributed by atoms with Gasteiger partial charge in [0, 0.05) is 22.3 Å². The summed E-state index contributed by atoms with van der Waals surface area (Å²) >= 11 is 6.04. The zero-order valence-electron chi connectivity index (χ0n) is 17.6. The molecule has 7 nitrogen and oxygen atoms in total. The van der Waals surface area contributed by atoms with Gasteiger partial charge in [0.1, 0.15) is 11.5 Å². The van der Waals surface area contributed by atoms with Crippen molar-refractivity contribution >= 4 is 23.2 Å². The number of nitrogens with zero attached hydrogens (tertiary/aromatic N) is 3. The molecule has 0 saturated carbocycles. The second-order valence-electron chi connectivity index (χ2n) is 6.79. The molecule has 0 radical (unpaired) electrons. The molecule has 8 heteroatoms. The number of hydrogen-bond donors (Lipinski definition) is 1. The largest absolute Gasteiger partial charge is 0.497 e. The minimum absolute atomic E-state index is 0.0339. The van der Waals surface area contributed by atoms with Crippen molar-refractivity contribution < 1.29 is 14.3 Å². The Morgan fingerprint density at radius 1 is 1.03 bits per heavy atom. The molecule has 0 spiro atoms. The molecule has 0 fully saturated rings. The van der Waals surface area contributed by atoms with Crippen molar-refractivity contribution in [3.8, 4) is 28.6 Å². The van der Waals surface area contributed by atoms with Gasteiger partial charge in [0.15, 0.2) is 5.82 Å². The lowest BCUT2D eigenvalue weighted by molar-refractivity contribution is 0.101. The summed E-state index contributed by atoms with van der Waals surface area (Å²) in [6.07, 6.45) is 0. The lowest BCUT2D eigenvalue weighted by atomic mass is 10.2. The van der Waals surface area contributed by atoms with E-state index >= 15 is 0 Å². The number of ether oxygens (including phenoxy) is 2. The van der Waals surface area contributed by atoms with Gasteiger partial charge in [-0.3, -0.25) is 4.79 Å². The molecule has 1 heterocycles. The number of methoxy groups -OCH3 is 1. The van der Waals surface area contributed by atoms with Crippen LogP contribution in [0, 0.1) is 0 Å². The Bertz CT molecular complexity index is 1220. The fourth-order valence-electron chi connectivity index (χ4n) is 3.11. The number of carbonyl (C=O) groups is 1. The maximum absolute atomic E-state index is 12.9. The molecule has 0 saturated heterocycles. The Hall–Kier alpha value is -3.84. The number of amides is 1. The van der Waals surface area contributed by atoms with Crippen LogP contribution in [0.25, 0.3) is 17.1 Å². The molecule has 0 atom stereocenters. The summed E-state index contributed by atoms with van der Waals surface area (Å²) in [4.78, 5) is 17.4. The third kappa shape index (κ3) is 4.73. The summed E-state index contributed by atoms with van der Waals surface area (Å²) in [6, 6.07) is 21.7. The van der Waals surface area contributed by atoms with E-state index in [9.17, 15) is 4.79 Å². The van der Waals surface area contributed by atoms with Gasteiger partial charge in [-0.05, 0) is 67.6 Å². The molecule has 32 heavy (non-hydrogen) atoms. The molecular formula is C24H21ClN4O3. The number of carbonyl (C=O) groups excluding carboxylic acids is 1. The predicted molar refractivity (Wildman–Crippen MR) is 124 cm³/mol. The van der Waals surface area contributed by atoms with E-state index in [1.165, 1.54) is 0 Å². The molecular weight excluding hydrogens is 428 g/mol. The number of hydrogen-bond acceptors (Lipinski definition) is 5. The molecule has 3 aromatic carbocycles. The van der Waals surface area contributed by atoms with Crippen LogP contribution in [0.5, 0.6) is 11.5 Å². The van der Waals surface area contributed by atoms with Crippen LogP contribution in [-0.4, -0.2) is 34.4 Å². The first-order valence-corrected chi connectivity index (χ1v) is 10.4. The first kappa shape index (κ1) is 21.4. The van der Waals surface area contributed by atoms with Crippen LogP contribution in [0.1, 0.15) is 17.5 Å². The van der Waals surface area contributed by atoms with Gasteiger partial charge < -0.3 is 14.8 Å². The van der Waals surface area contributed by atoms with Crippen molar-refractivity contribution in [3.63, 3.8) is 0 Å². The molecule has 4 rings (SSSR count). The van der Waals surface area contributed by atoms with Crippen molar-refractivity contribution in [1.29, 1.82) is 0 Å². The molecule has 0 aliphatic rings. The van der Waals surface area contributed by atoms with Crippen molar-refractivity contribution in [2.24, 2.45) is 0 Å². The standard InChI is InChI=1S/C24H21ClN4O3/c1-3-32-20-13-11-19(12-14-20)29-23(16-7-9-17(25)10-8-16)27-22(28-29)24(30)26-18-5-4-6-21(15-18)31-2/h4-15H,3H2,1-2H3,(H,26,30). The molecule has 0 bridgehead atoms. The lowest BCUT2D eigenvalue weighted by Gasteiger charge is -2.08. The molecule has 0 aliphatic carbocycles. The van der Waals surface area contributed by atoms with E-state index in [0.29, 0.717) is 28.9 Å². The zero-order valence-corrected chi connectivity index (χ0v) is 18.3. The van der Waals surface area contributed by atoms with Gasteiger partial charge in [0.25, 0.3) is 5.91 Å². The van der Waals surface area contributed by atoms with Gasteiger partial charge in [-0.1, -0.05) is 17.7 Å². The Kier molecular flexibility index (Phi) is 6.37. The van der Waals surface area contributed by atoms with Crippen molar-refractivity contribution in [2.45, 2.75) is 6.92 Å². The van der Waals surface area contributed by atoms with Crippen molar-refractivity contribution in [2.75, 3.05) is 19.0 Å². The van der Waals surface area contributed by atoms with E-state index in [2.05, 4.69) is 15.4 Å². The smallest absolute Gasteiger partial charge is 0.295 e. The number of halogens is 1. The first-order valence-electron chi connectivity index (χ1n) is 9.99. The maximum Gasteiger partial charge on any atom is 0.295 e. The second kappa shape index (κ2) is 9.53. The van der Waals surface area contributed by atoms with Crippen LogP contribution >= 0.6 is 11.6 Å². The van der Waals surface area contributed by atoms with Crippen LogP contribution in [0.4, 0.5) is 5.69 Å². The van der Waals surface area contributed by atoms with Crippen molar-refractivity contribution in [3.05, 3.63) is 83.6 Å². The minimum atomic E-state index is -0.432. The number of aromatic nitrogens is 3. The van der Waals surface area contributed by atoms with Crippen LogP contribution in [0.2, 0.25) is 5.02 Å². The summed E-state index contributed by atoms with van der Waals surface area (Å²) in [7, 11) is 1.57. The van der Waals surface area contributed by atoms with Crippen LogP contribution in [-0.2, 0) is 0 Å². The molecule has 1 aromatic heterocycles. The molecule has 162 valence electrons. The Morgan fingerprint density at radius 3 is 2.47 bits per heavy atom. The van der Waals surface area contributed by atoms with E-state index in [1.54, 1.807) is 48.2 Å². The average Bonchev–Trinajstić information content (AvgIpc) is 3.26. The third-order valence-electron chi connectivity index (χ3n) is 4.63. The van der Waals surface area contributed by atoms with Crippen molar-refractivity contribution in [1.82, 2.24) is 14.8 Å². The Morgan fingerprint density at radius 2 is 1.78 bits per heavy atom. The van der Waals surface area contributed by atoms with Gasteiger partial charge in [0.2, 0.25) is 5.82 Å². The quantitative estimate of drug-likeness (QED) is 0.418. The highest BCUT2D eigenvalue weighted by atomic mass is 35.5. The van der Waals surface area contributed by atoms with Crippen LogP contribution in [0.15, 0.2) is 72.8 Å². The SMILES string of the molecule is CCOc1ccc(-n2nc(C(=O)Nc3cccc(OC)c3)nc2-c2ccc(Cl)cc2)cc1. The van der Waals surface area contributed by atoms with E-state index in [-0.39, 0.29) is 5.82 Å². The minimum Gasteiger partial charge on any atom is -0.497 e. The monoisotopic (exact) mass is 448 g/mol. The van der Waals surface area contributed by atoms with E-state index in [1.807, 2.05) is 43.3 Å². The highest BCUT2D eigenvalue weighted by Gasteiger charge is 2.19. The highest BCUT2D eigenvalue weighted by molar-refractivity contribution is 6.30. The van der Waals surface area contributed by atoms with E-state index in [0.717, 1.165) is 17.0 Å². The summed E-state index contributed by atoms with van der Waals surface area (Å²) in [6.45, 7) is 2.50.